The molecule has 3 aromatic carbocycles. The van der Waals surface area contributed by atoms with Gasteiger partial charge in [0.15, 0.2) is 0 Å². The third kappa shape index (κ3) is 5.62. The van der Waals surface area contributed by atoms with Gasteiger partial charge in [0.05, 0.1) is 0 Å². The predicted octanol–water partition coefficient (Wildman–Crippen LogP) is 8.97. The molecule has 2 atom stereocenters. The quantitative estimate of drug-likeness (QED) is 0.322. The molecule has 1 fully saturated rings. The molecular formula is C37H44N4. The molecule has 0 radical (unpaired) electrons. The number of benzene rings is 3. The molecule has 0 saturated heterocycles. The Morgan fingerprint density at radius 3 is 2.27 bits per heavy atom. The summed E-state index contributed by atoms with van der Waals surface area (Å²) < 4.78 is 0. The molecule has 1 N–H and O–H groups in total. The van der Waals surface area contributed by atoms with Crippen molar-refractivity contribution in [2.24, 2.45) is 15.9 Å². The van der Waals surface area contributed by atoms with Gasteiger partial charge in [-0.15, -0.1) is 0 Å². The SMILES string of the molecule is CC(C)c1ccccc1NC1(C)N=C(N(C)CCCC2c3ccccc3C=Cc3ccccc32)N=C2CCCCC21. The standard InChI is InChI=1S/C37H44N4/c1-26(2)29-16-9-11-21-34(29)39-37(3)33-20-10-12-22-35(33)38-36(40-37)41(4)25-13-19-32-30-17-7-5-14-27(30)23-24-28-15-6-8-18-31(28)32/h5-9,11,14-18,21,23-24,26,32-33,39H,10,12-13,19-20,22,25H2,1-4H3. The maximum Gasteiger partial charge on any atom is 0.222 e. The number of nitrogens with one attached hydrogen (secondary N) is 1. The molecule has 212 valence electrons. The molecule has 1 aliphatic heterocycles. The molecule has 1 heterocycles. The topological polar surface area (TPSA) is 40.0 Å². The van der Waals surface area contributed by atoms with E-state index in [1.165, 1.54) is 52.1 Å². The number of para-hydroxylation sites is 1. The van der Waals surface area contributed by atoms with Crippen molar-refractivity contribution in [3.63, 3.8) is 0 Å². The molecule has 0 spiro atoms. The van der Waals surface area contributed by atoms with E-state index < -0.39 is 5.66 Å². The number of nitrogens with zero attached hydrogens (tertiary/aromatic N) is 3. The van der Waals surface area contributed by atoms with E-state index >= 15 is 0 Å². The van der Waals surface area contributed by atoms with Crippen molar-refractivity contribution in [2.45, 2.75) is 76.8 Å². The Bertz CT molecular complexity index is 1430. The van der Waals surface area contributed by atoms with Crippen molar-refractivity contribution in [3.8, 4) is 0 Å². The fourth-order valence-electron chi connectivity index (χ4n) is 7.10. The number of guanidine groups is 1. The van der Waals surface area contributed by atoms with E-state index in [0.29, 0.717) is 17.8 Å². The van der Waals surface area contributed by atoms with Gasteiger partial charge in [-0.1, -0.05) is 99.2 Å². The van der Waals surface area contributed by atoms with Gasteiger partial charge < -0.3 is 10.2 Å². The summed E-state index contributed by atoms with van der Waals surface area (Å²) in [4.78, 5) is 12.9. The maximum absolute atomic E-state index is 5.38. The summed E-state index contributed by atoms with van der Waals surface area (Å²) in [5, 5.41) is 3.93. The average Bonchev–Trinajstić information content (AvgIpc) is 3.14. The van der Waals surface area contributed by atoms with Crippen LogP contribution in [0.4, 0.5) is 5.69 Å². The molecule has 2 unspecified atom stereocenters. The zero-order valence-electron chi connectivity index (χ0n) is 25.1. The molecule has 6 rings (SSSR count). The van der Waals surface area contributed by atoms with Crippen LogP contribution >= 0.6 is 0 Å². The summed E-state index contributed by atoms with van der Waals surface area (Å²) in [5.74, 6) is 2.04. The average molecular weight is 545 g/mol. The van der Waals surface area contributed by atoms with Gasteiger partial charge in [-0.05, 0) is 78.8 Å². The summed E-state index contributed by atoms with van der Waals surface area (Å²) in [6.45, 7) is 7.74. The van der Waals surface area contributed by atoms with E-state index in [9.17, 15) is 0 Å². The number of aliphatic imine (C=N–C) groups is 2. The molecule has 41 heavy (non-hydrogen) atoms. The largest absolute Gasteiger partial charge is 0.361 e. The van der Waals surface area contributed by atoms with Gasteiger partial charge in [0.1, 0.15) is 5.66 Å². The molecule has 3 aromatic rings. The molecular weight excluding hydrogens is 500 g/mol. The fraction of sp³-hybridized carbons (Fsp3) is 0.405. The Kier molecular flexibility index (Phi) is 7.84. The van der Waals surface area contributed by atoms with Crippen LogP contribution in [0.15, 0.2) is 82.8 Å². The molecule has 1 saturated carbocycles. The molecule has 3 aliphatic rings. The summed E-state index contributed by atoms with van der Waals surface area (Å²) in [5.41, 5.74) is 8.97. The molecule has 2 aliphatic carbocycles. The lowest BCUT2D eigenvalue weighted by molar-refractivity contribution is 0.349. The van der Waals surface area contributed by atoms with Crippen molar-refractivity contribution in [1.29, 1.82) is 0 Å². The van der Waals surface area contributed by atoms with Crippen LogP contribution in [0.5, 0.6) is 0 Å². The lowest BCUT2D eigenvalue weighted by Gasteiger charge is -2.43. The normalized spacial score (nSPS) is 21.7. The van der Waals surface area contributed by atoms with Gasteiger partial charge >= 0.3 is 0 Å². The highest BCUT2D eigenvalue weighted by molar-refractivity contribution is 6.01. The Labute approximate surface area is 246 Å². The predicted molar refractivity (Wildman–Crippen MR) is 175 cm³/mol. The highest BCUT2D eigenvalue weighted by Gasteiger charge is 2.42. The van der Waals surface area contributed by atoms with E-state index in [1.807, 2.05) is 0 Å². The minimum atomic E-state index is -0.406. The first-order chi connectivity index (χ1) is 19.9. The smallest absolute Gasteiger partial charge is 0.222 e. The van der Waals surface area contributed by atoms with Gasteiger partial charge in [-0.25, -0.2) is 9.98 Å². The zero-order valence-corrected chi connectivity index (χ0v) is 25.1. The van der Waals surface area contributed by atoms with Crippen LogP contribution in [0, 0.1) is 5.92 Å². The second-order valence-electron chi connectivity index (χ2n) is 12.5. The van der Waals surface area contributed by atoms with Crippen molar-refractivity contribution < 1.29 is 0 Å². The van der Waals surface area contributed by atoms with Gasteiger partial charge in [0.2, 0.25) is 5.96 Å². The first kappa shape index (κ1) is 27.5. The number of hydrogen-bond acceptors (Lipinski definition) is 4. The third-order valence-corrected chi connectivity index (χ3v) is 9.32. The summed E-state index contributed by atoms with van der Waals surface area (Å²) in [6, 6.07) is 26.5. The van der Waals surface area contributed by atoms with Crippen LogP contribution in [0.25, 0.3) is 12.2 Å². The summed E-state index contributed by atoms with van der Waals surface area (Å²) in [7, 11) is 2.17. The van der Waals surface area contributed by atoms with Gasteiger partial charge in [0, 0.05) is 36.8 Å². The molecule has 4 heteroatoms. The zero-order chi connectivity index (χ0) is 28.4. The molecule has 0 amide bonds. The van der Waals surface area contributed by atoms with E-state index in [-0.39, 0.29) is 0 Å². The van der Waals surface area contributed by atoms with Gasteiger partial charge in [0.25, 0.3) is 0 Å². The van der Waals surface area contributed by atoms with Gasteiger partial charge in [-0.2, -0.15) is 0 Å². The van der Waals surface area contributed by atoms with Crippen LogP contribution in [-0.2, 0) is 0 Å². The third-order valence-electron chi connectivity index (χ3n) is 9.32. The van der Waals surface area contributed by atoms with Crippen LogP contribution < -0.4 is 5.32 Å². The van der Waals surface area contributed by atoms with E-state index in [2.05, 4.69) is 123 Å². The lowest BCUT2D eigenvalue weighted by Crippen LogP contribution is -2.51. The molecule has 0 bridgehead atoms. The van der Waals surface area contributed by atoms with Crippen molar-refractivity contribution in [3.05, 3.63) is 101 Å². The van der Waals surface area contributed by atoms with Crippen LogP contribution in [-0.4, -0.2) is 35.8 Å². The monoisotopic (exact) mass is 544 g/mol. The summed E-state index contributed by atoms with van der Waals surface area (Å²) >= 11 is 0. The second-order valence-corrected chi connectivity index (χ2v) is 12.5. The summed E-state index contributed by atoms with van der Waals surface area (Å²) in [6.07, 6.45) is 11.4. The number of hydrogen-bond donors (Lipinski definition) is 1. The Morgan fingerprint density at radius 2 is 1.56 bits per heavy atom. The van der Waals surface area contributed by atoms with Crippen LogP contribution in [0.2, 0.25) is 0 Å². The van der Waals surface area contributed by atoms with Crippen molar-refractivity contribution >= 4 is 29.5 Å². The Morgan fingerprint density at radius 1 is 0.902 bits per heavy atom. The second kappa shape index (κ2) is 11.7. The van der Waals surface area contributed by atoms with Crippen molar-refractivity contribution in [2.75, 3.05) is 18.9 Å². The minimum Gasteiger partial charge on any atom is -0.361 e. The van der Waals surface area contributed by atoms with E-state index in [0.717, 1.165) is 38.2 Å². The van der Waals surface area contributed by atoms with Crippen LogP contribution in [0.3, 0.4) is 0 Å². The highest BCUT2D eigenvalue weighted by atomic mass is 15.3. The lowest BCUT2D eigenvalue weighted by atomic mass is 9.78. The van der Waals surface area contributed by atoms with E-state index in [4.69, 9.17) is 9.98 Å². The first-order valence-electron chi connectivity index (χ1n) is 15.5. The van der Waals surface area contributed by atoms with Crippen LogP contribution in [0.1, 0.15) is 98.9 Å². The Hall–Kier alpha value is -3.66. The minimum absolute atomic E-state index is 0.333. The number of anilines is 1. The van der Waals surface area contributed by atoms with Crippen molar-refractivity contribution in [1.82, 2.24) is 4.90 Å². The maximum atomic E-state index is 5.38. The first-order valence-corrected chi connectivity index (χ1v) is 15.5. The van der Waals surface area contributed by atoms with Gasteiger partial charge in [-0.3, -0.25) is 0 Å². The fourth-order valence-corrected chi connectivity index (χ4v) is 7.10. The Balaban J connectivity index is 1.23. The number of fused-ring (bicyclic) bond motifs is 3. The molecule has 4 nitrogen and oxygen atoms in total. The highest BCUT2D eigenvalue weighted by Crippen LogP contribution is 2.40. The number of rotatable bonds is 7. The van der Waals surface area contributed by atoms with E-state index in [1.54, 1.807) is 0 Å². The molecule has 0 aromatic heterocycles.